The predicted molar refractivity (Wildman–Crippen MR) is 68.3 cm³/mol. The summed E-state index contributed by atoms with van der Waals surface area (Å²) >= 11 is 0. The standard InChI is InChI=1S/C14H19NO3/c1-18-10-11-5-2-3-7-13(11)14(17)15-8-4-6-12(16)9-15/h2-3,5,7,12,16H,4,6,8-10H2,1H3/t12-/m1/s1. The van der Waals surface area contributed by atoms with Gasteiger partial charge < -0.3 is 14.7 Å². The Morgan fingerprint density at radius 2 is 2.28 bits per heavy atom. The minimum absolute atomic E-state index is 0.0126. The minimum Gasteiger partial charge on any atom is -0.391 e. The van der Waals surface area contributed by atoms with Gasteiger partial charge in [0, 0.05) is 25.8 Å². The maximum Gasteiger partial charge on any atom is 0.254 e. The fraction of sp³-hybridized carbons (Fsp3) is 0.500. The molecule has 18 heavy (non-hydrogen) atoms. The van der Waals surface area contributed by atoms with Crippen LogP contribution in [0.4, 0.5) is 0 Å². The van der Waals surface area contributed by atoms with Gasteiger partial charge >= 0.3 is 0 Å². The highest BCUT2D eigenvalue weighted by Crippen LogP contribution is 2.17. The molecule has 98 valence electrons. The molecule has 1 N–H and O–H groups in total. The van der Waals surface area contributed by atoms with E-state index >= 15 is 0 Å². The van der Waals surface area contributed by atoms with Crippen LogP contribution in [0, 0.1) is 0 Å². The van der Waals surface area contributed by atoms with Gasteiger partial charge in [0.05, 0.1) is 12.7 Å². The van der Waals surface area contributed by atoms with E-state index in [-0.39, 0.29) is 5.91 Å². The van der Waals surface area contributed by atoms with E-state index in [0.717, 1.165) is 24.9 Å². The molecule has 4 heteroatoms. The van der Waals surface area contributed by atoms with Crippen molar-refractivity contribution in [1.82, 2.24) is 4.90 Å². The zero-order valence-corrected chi connectivity index (χ0v) is 10.6. The lowest BCUT2D eigenvalue weighted by atomic mass is 10.0. The molecule has 0 saturated carbocycles. The van der Waals surface area contributed by atoms with Gasteiger partial charge in [0.15, 0.2) is 0 Å². The molecule has 1 aliphatic heterocycles. The van der Waals surface area contributed by atoms with Crippen LogP contribution in [0.25, 0.3) is 0 Å². The van der Waals surface area contributed by atoms with Crippen LogP contribution in [0.3, 0.4) is 0 Å². The summed E-state index contributed by atoms with van der Waals surface area (Å²) < 4.78 is 5.11. The summed E-state index contributed by atoms with van der Waals surface area (Å²) in [5, 5.41) is 9.63. The molecule has 0 radical (unpaired) electrons. The number of piperidine rings is 1. The molecule has 1 atom stereocenters. The topological polar surface area (TPSA) is 49.8 Å². The number of hydrogen-bond donors (Lipinski definition) is 1. The number of rotatable bonds is 3. The Morgan fingerprint density at radius 3 is 3.00 bits per heavy atom. The molecule has 0 unspecified atom stereocenters. The van der Waals surface area contributed by atoms with Crippen molar-refractivity contribution in [2.45, 2.75) is 25.6 Å². The smallest absolute Gasteiger partial charge is 0.254 e. The Labute approximate surface area is 107 Å². The van der Waals surface area contributed by atoms with Crippen molar-refractivity contribution >= 4 is 5.91 Å². The van der Waals surface area contributed by atoms with E-state index in [1.807, 2.05) is 24.3 Å². The summed E-state index contributed by atoms with van der Waals surface area (Å²) in [7, 11) is 1.62. The number of amides is 1. The van der Waals surface area contributed by atoms with E-state index in [1.54, 1.807) is 12.0 Å². The zero-order valence-electron chi connectivity index (χ0n) is 10.6. The zero-order chi connectivity index (χ0) is 13.0. The highest BCUT2D eigenvalue weighted by atomic mass is 16.5. The minimum atomic E-state index is -0.391. The Balaban J connectivity index is 2.17. The molecular weight excluding hydrogens is 230 g/mol. The molecule has 0 aromatic heterocycles. The molecule has 1 saturated heterocycles. The van der Waals surface area contributed by atoms with Crippen molar-refractivity contribution in [2.24, 2.45) is 0 Å². The van der Waals surface area contributed by atoms with Crippen molar-refractivity contribution in [3.05, 3.63) is 35.4 Å². The van der Waals surface area contributed by atoms with Gasteiger partial charge in [0.25, 0.3) is 5.91 Å². The maximum atomic E-state index is 12.4. The van der Waals surface area contributed by atoms with Crippen molar-refractivity contribution < 1.29 is 14.6 Å². The second-order valence-corrected chi connectivity index (χ2v) is 4.64. The van der Waals surface area contributed by atoms with Crippen LogP contribution in [-0.4, -0.2) is 42.2 Å². The number of carbonyl (C=O) groups is 1. The molecule has 1 aliphatic rings. The number of hydrogen-bond acceptors (Lipinski definition) is 3. The van der Waals surface area contributed by atoms with Gasteiger partial charge in [-0.15, -0.1) is 0 Å². The molecule has 1 amide bonds. The van der Waals surface area contributed by atoms with Crippen LogP contribution in [-0.2, 0) is 11.3 Å². The number of ether oxygens (including phenoxy) is 1. The van der Waals surface area contributed by atoms with Crippen molar-refractivity contribution in [2.75, 3.05) is 20.2 Å². The quantitative estimate of drug-likeness (QED) is 0.881. The highest BCUT2D eigenvalue weighted by molar-refractivity contribution is 5.95. The first-order valence-electron chi connectivity index (χ1n) is 6.26. The first-order valence-corrected chi connectivity index (χ1v) is 6.26. The molecule has 0 spiro atoms. The van der Waals surface area contributed by atoms with E-state index in [0.29, 0.717) is 18.7 Å². The van der Waals surface area contributed by atoms with Crippen LogP contribution in [0.2, 0.25) is 0 Å². The van der Waals surface area contributed by atoms with E-state index in [4.69, 9.17) is 4.74 Å². The third-order valence-electron chi connectivity index (χ3n) is 3.23. The SMILES string of the molecule is COCc1ccccc1C(=O)N1CCC[C@@H](O)C1. The van der Waals surface area contributed by atoms with Crippen molar-refractivity contribution in [1.29, 1.82) is 0 Å². The van der Waals surface area contributed by atoms with Gasteiger partial charge in [-0.2, -0.15) is 0 Å². The molecule has 4 nitrogen and oxygen atoms in total. The summed E-state index contributed by atoms with van der Waals surface area (Å²) in [5.74, 6) is -0.0126. The number of β-amino-alcohol motifs (C(OH)–C–C–N with tert-alkyl or cyclic N) is 1. The van der Waals surface area contributed by atoms with E-state index in [9.17, 15) is 9.90 Å². The summed E-state index contributed by atoms with van der Waals surface area (Å²) in [6.07, 6.45) is 1.25. The van der Waals surface area contributed by atoms with E-state index in [1.165, 1.54) is 0 Å². The fourth-order valence-electron chi connectivity index (χ4n) is 2.32. The summed E-state index contributed by atoms with van der Waals surface area (Å²) in [4.78, 5) is 14.1. The van der Waals surface area contributed by atoms with Crippen molar-refractivity contribution in [3.8, 4) is 0 Å². The van der Waals surface area contributed by atoms with Gasteiger partial charge in [0.2, 0.25) is 0 Å². The molecule has 0 aliphatic carbocycles. The number of carbonyl (C=O) groups excluding carboxylic acids is 1. The third-order valence-corrected chi connectivity index (χ3v) is 3.23. The highest BCUT2D eigenvalue weighted by Gasteiger charge is 2.24. The molecule has 1 aromatic rings. The van der Waals surface area contributed by atoms with Gasteiger partial charge in [-0.1, -0.05) is 18.2 Å². The number of methoxy groups -OCH3 is 1. The van der Waals surface area contributed by atoms with E-state index in [2.05, 4.69) is 0 Å². The molecule has 1 fully saturated rings. The van der Waals surface area contributed by atoms with Crippen LogP contribution in [0.5, 0.6) is 0 Å². The van der Waals surface area contributed by atoms with Gasteiger partial charge in [0.1, 0.15) is 0 Å². The second kappa shape index (κ2) is 5.98. The Morgan fingerprint density at radius 1 is 1.50 bits per heavy atom. The van der Waals surface area contributed by atoms with E-state index < -0.39 is 6.10 Å². The Kier molecular flexibility index (Phi) is 4.33. The molecular formula is C14H19NO3. The Hall–Kier alpha value is -1.39. The number of aliphatic hydroxyl groups is 1. The Bertz CT molecular complexity index is 419. The monoisotopic (exact) mass is 249 g/mol. The van der Waals surface area contributed by atoms with Crippen LogP contribution >= 0.6 is 0 Å². The molecule has 1 heterocycles. The van der Waals surface area contributed by atoms with Gasteiger partial charge in [-0.3, -0.25) is 4.79 Å². The first kappa shape index (κ1) is 13.1. The summed E-state index contributed by atoms with van der Waals surface area (Å²) in [6, 6.07) is 7.47. The second-order valence-electron chi connectivity index (χ2n) is 4.64. The fourth-order valence-corrected chi connectivity index (χ4v) is 2.32. The lowest BCUT2D eigenvalue weighted by Gasteiger charge is -2.30. The molecule has 1 aromatic carbocycles. The largest absolute Gasteiger partial charge is 0.391 e. The lowest BCUT2D eigenvalue weighted by Crippen LogP contribution is -2.42. The number of likely N-dealkylation sites (tertiary alicyclic amines) is 1. The summed E-state index contributed by atoms with van der Waals surface area (Å²) in [6.45, 7) is 1.58. The summed E-state index contributed by atoms with van der Waals surface area (Å²) in [5.41, 5.74) is 1.57. The average molecular weight is 249 g/mol. The van der Waals surface area contributed by atoms with Crippen molar-refractivity contribution in [3.63, 3.8) is 0 Å². The number of aliphatic hydroxyl groups excluding tert-OH is 1. The maximum absolute atomic E-state index is 12.4. The van der Waals surface area contributed by atoms with Gasteiger partial charge in [-0.25, -0.2) is 0 Å². The first-order chi connectivity index (χ1) is 8.72. The number of nitrogens with zero attached hydrogens (tertiary/aromatic N) is 1. The number of benzene rings is 1. The van der Waals surface area contributed by atoms with Gasteiger partial charge in [-0.05, 0) is 24.5 Å². The third kappa shape index (κ3) is 2.89. The van der Waals surface area contributed by atoms with Crippen LogP contribution < -0.4 is 0 Å². The molecule has 0 bridgehead atoms. The average Bonchev–Trinajstić information content (AvgIpc) is 2.39. The predicted octanol–water partition coefficient (Wildman–Crippen LogP) is 1.43. The van der Waals surface area contributed by atoms with Crippen LogP contribution in [0.15, 0.2) is 24.3 Å². The lowest BCUT2D eigenvalue weighted by molar-refractivity contribution is 0.0470. The normalized spacial score (nSPS) is 19.9. The molecule has 2 rings (SSSR count). The van der Waals surface area contributed by atoms with Crippen LogP contribution in [0.1, 0.15) is 28.8 Å².